The number of anilines is 1. The maximum absolute atomic E-state index is 5.82. The number of hydrogen-bond acceptors (Lipinski definition) is 3. The SMILES string of the molecule is COc1ccc(NC(CN)c2ccccc2)cc1. The molecule has 94 valence electrons. The summed E-state index contributed by atoms with van der Waals surface area (Å²) < 4.78 is 5.13. The molecule has 0 fully saturated rings. The van der Waals surface area contributed by atoms with Gasteiger partial charge in [0.15, 0.2) is 0 Å². The fraction of sp³-hybridized carbons (Fsp3) is 0.200. The van der Waals surface area contributed by atoms with E-state index in [4.69, 9.17) is 10.5 Å². The van der Waals surface area contributed by atoms with Crippen LogP contribution in [-0.2, 0) is 0 Å². The molecule has 0 radical (unpaired) electrons. The van der Waals surface area contributed by atoms with Gasteiger partial charge < -0.3 is 15.8 Å². The monoisotopic (exact) mass is 242 g/mol. The molecule has 0 saturated heterocycles. The number of methoxy groups -OCH3 is 1. The summed E-state index contributed by atoms with van der Waals surface area (Å²) in [6.07, 6.45) is 0. The van der Waals surface area contributed by atoms with E-state index in [1.165, 1.54) is 5.56 Å². The van der Waals surface area contributed by atoms with E-state index >= 15 is 0 Å². The lowest BCUT2D eigenvalue weighted by Crippen LogP contribution is -2.20. The van der Waals surface area contributed by atoms with Crippen molar-refractivity contribution in [3.63, 3.8) is 0 Å². The molecular weight excluding hydrogens is 224 g/mol. The zero-order chi connectivity index (χ0) is 12.8. The van der Waals surface area contributed by atoms with Gasteiger partial charge in [0.2, 0.25) is 0 Å². The van der Waals surface area contributed by atoms with E-state index in [9.17, 15) is 0 Å². The van der Waals surface area contributed by atoms with Crippen LogP contribution in [0.5, 0.6) is 5.75 Å². The Balaban J connectivity index is 2.10. The molecule has 0 saturated carbocycles. The van der Waals surface area contributed by atoms with E-state index in [0.29, 0.717) is 6.54 Å². The molecule has 2 rings (SSSR count). The molecule has 0 aliphatic rings. The van der Waals surface area contributed by atoms with Crippen molar-refractivity contribution in [2.45, 2.75) is 6.04 Å². The second kappa shape index (κ2) is 6.07. The molecule has 2 aromatic rings. The molecule has 1 unspecified atom stereocenters. The molecular formula is C15H18N2O. The standard InChI is InChI=1S/C15H18N2O/c1-18-14-9-7-13(8-10-14)17-15(11-16)12-5-3-2-4-6-12/h2-10,15,17H,11,16H2,1H3. The first kappa shape index (κ1) is 12.5. The minimum Gasteiger partial charge on any atom is -0.497 e. The fourth-order valence-corrected chi connectivity index (χ4v) is 1.85. The Morgan fingerprint density at radius 3 is 2.28 bits per heavy atom. The van der Waals surface area contributed by atoms with Gasteiger partial charge in [-0.15, -0.1) is 0 Å². The summed E-state index contributed by atoms with van der Waals surface area (Å²) in [4.78, 5) is 0. The Morgan fingerprint density at radius 2 is 1.72 bits per heavy atom. The maximum atomic E-state index is 5.82. The summed E-state index contributed by atoms with van der Waals surface area (Å²) in [6, 6.07) is 18.2. The van der Waals surface area contributed by atoms with Crippen LogP contribution in [0.2, 0.25) is 0 Å². The Morgan fingerprint density at radius 1 is 1.06 bits per heavy atom. The molecule has 0 amide bonds. The summed E-state index contributed by atoms with van der Waals surface area (Å²) in [7, 11) is 1.66. The summed E-state index contributed by atoms with van der Waals surface area (Å²) in [5.74, 6) is 0.851. The fourth-order valence-electron chi connectivity index (χ4n) is 1.85. The number of nitrogens with one attached hydrogen (secondary N) is 1. The van der Waals surface area contributed by atoms with E-state index in [1.807, 2.05) is 42.5 Å². The number of rotatable bonds is 5. The zero-order valence-corrected chi connectivity index (χ0v) is 10.5. The van der Waals surface area contributed by atoms with Gasteiger partial charge in [0.25, 0.3) is 0 Å². The van der Waals surface area contributed by atoms with Gasteiger partial charge in [-0.05, 0) is 29.8 Å². The van der Waals surface area contributed by atoms with Gasteiger partial charge in [-0.3, -0.25) is 0 Å². The summed E-state index contributed by atoms with van der Waals surface area (Å²) in [5, 5.41) is 3.42. The lowest BCUT2D eigenvalue weighted by Gasteiger charge is -2.18. The van der Waals surface area contributed by atoms with Gasteiger partial charge in [0, 0.05) is 12.2 Å². The maximum Gasteiger partial charge on any atom is 0.119 e. The van der Waals surface area contributed by atoms with E-state index < -0.39 is 0 Å². The predicted molar refractivity (Wildman–Crippen MR) is 74.9 cm³/mol. The Labute approximate surface area is 108 Å². The van der Waals surface area contributed by atoms with Gasteiger partial charge in [-0.1, -0.05) is 30.3 Å². The summed E-state index contributed by atoms with van der Waals surface area (Å²) in [5.41, 5.74) is 8.05. The van der Waals surface area contributed by atoms with Crippen molar-refractivity contribution in [1.29, 1.82) is 0 Å². The van der Waals surface area contributed by atoms with Crippen LogP contribution in [0.4, 0.5) is 5.69 Å². The van der Waals surface area contributed by atoms with Crippen LogP contribution in [0.25, 0.3) is 0 Å². The summed E-state index contributed by atoms with van der Waals surface area (Å²) >= 11 is 0. The van der Waals surface area contributed by atoms with Gasteiger partial charge in [-0.25, -0.2) is 0 Å². The van der Waals surface area contributed by atoms with E-state index in [-0.39, 0.29) is 6.04 Å². The van der Waals surface area contributed by atoms with Gasteiger partial charge in [0.1, 0.15) is 5.75 Å². The van der Waals surface area contributed by atoms with Crippen molar-refractivity contribution < 1.29 is 4.74 Å². The molecule has 0 aliphatic heterocycles. The Kier molecular flexibility index (Phi) is 4.20. The van der Waals surface area contributed by atoms with Crippen LogP contribution in [0.1, 0.15) is 11.6 Å². The van der Waals surface area contributed by atoms with Crippen molar-refractivity contribution in [1.82, 2.24) is 0 Å². The van der Waals surface area contributed by atoms with Crippen LogP contribution in [0, 0.1) is 0 Å². The van der Waals surface area contributed by atoms with Crippen molar-refractivity contribution in [3.8, 4) is 5.75 Å². The molecule has 0 aliphatic carbocycles. The van der Waals surface area contributed by atoms with E-state index in [1.54, 1.807) is 7.11 Å². The van der Waals surface area contributed by atoms with E-state index in [0.717, 1.165) is 11.4 Å². The number of nitrogens with two attached hydrogens (primary N) is 1. The first-order chi connectivity index (χ1) is 8.83. The van der Waals surface area contributed by atoms with Crippen LogP contribution >= 0.6 is 0 Å². The molecule has 3 nitrogen and oxygen atoms in total. The second-order valence-electron chi connectivity index (χ2n) is 4.07. The minimum atomic E-state index is 0.125. The normalized spacial score (nSPS) is 11.9. The molecule has 0 spiro atoms. The molecule has 3 N–H and O–H groups in total. The largest absolute Gasteiger partial charge is 0.497 e. The first-order valence-electron chi connectivity index (χ1n) is 5.99. The lowest BCUT2D eigenvalue weighted by atomic mass is 10.1. The lowest BCUT2D eigenvalue weighted by molar-refractivity contribution is 0.415. The van der Waals surface area contributed by atoms with Crippen LogP contribution in [0.3, 0.4) is 0 Å². The van der Waals surface area contributed by atoms with Crippen LogP contribution in [0.15, 0.2) is 54.6 Å². The molecule has 0 heterocycles. The number of hydrogen-bond donors (Lipinski definition) is 2. The quantitative estimate of drug-likeness (QED) is 0.847. The molecule has 1 atom stereocenters. The smallest absolute Gasteiger partial charge is 0.119 e. The molecule has 3 heteroatoms. The second-order valence-corrected chi connectivity index (χ2v) is 4.07. The third-order valence-corrected chi connectivity index (χ3v) is 2.87. The zero-order valence-electron chi connectivity index (χ0n) is 10.5. The average molecular weight is 242 g/mol. The van der Waals surface area contributed by atoms with Crippen LogP contribution in [-0.4, -0.2) is 13.7 Å². The molecule has 18 heavy (non-hydrogen) atoms. The van der Waals surface area contributed by atoms with Gasteiger partial charge in [0.05, 0.1) is 13.2 Å². The van der Waals surface area contributed by atoms with Crippen molar-refractivity contribution >= 4 is 5.69 Å². The first-order valence-corrected chi connectivity index (χ1v) is 5.99. The van der Waals surface area contributed by atoms with Crippen molar-refractivity contribution in [2.75, 3.05) is 19.0 Å². The van der Waals surface area contributed by atoms with E-state index in [2.05, 4.69) is 17.4 Å². The number of benzene rings is 2. The average Bonchev–Trinajstić information content (AvgIpc) is 2.46. The highest BCUT2D eigenvalue weighted by Crippen LogP contribution is 2.20. The topological polar surface area (TPSA) is 47.3 Å². The van der Waals surface area contributed by atoms with Crippen molar-refractivity contribution in [3.05, 3.63) is 60.2 Å². The molecule has 0 aromatic heterocycles. The third kappa shape index (κ3) is 3.02. The Bertz CT molecular complexity index is 468. The predicted octanol–water partition coefficient (Wildman–Crippen LogP) is 2.81. The number of ether oxygens (including phenoxy) is 1. The minimum absolute atomic E-state index is 0.125. The molecule has 0 bridgehead atoms. The summed E-state index contributed by atoms with van der Waals surface area (Å²) in [6.45, 7) is 0.552. The highest BCUT2D eigenvalue weighted by atomic mass is 16.5. The third-order valence-electron chi connectivity index (χ3n) is 2.87. The van der Waals surface area contributed by atoms with Gasteiger partial charge in [-0.2, -0.15) is 0 Å². The van der Waals surface area contributed by atoms with Crippen LogP contribution < -0.4 is 15.8 Å². The Hall–Kier alpha value is -2.00. The van der Waals surface area contributed by atoms with Gasteiger partial charge >= 0.3 is 0 Å². The molecule has 2 aromatic carbocycles. The highest BCUT2D eigenvalue weighted by molar-refractivity contribution is 5.48. The highest BCUT2D eigenvalue weighted by Gasteiger charge is 2.08. The van der Waals surface area contributed by atoms with Crippen molar-refractivity contribution in [2.24, 2.45) is 5.73 Å².